The molecule has 1 aliphatic rings. The van der Waals surface area contributed by atoms with Crippen LogP contribution in [0.5, 0.6) is 0 Å². The molecule has 1 atom stereocenters. The van der Waals surface area contributed by atoms with Crippen molar-refractivity contribution < 1.29 is 12.8 Å². The molecule has 2 aromatic rings. The molecule has 0 saturated heterocycles. The van der Waals surface area contributed by atoms with Crippen LogP contribution in [0.1, 0.15) is 35.6 Å². The van der Waals surface area contributed by atoms with Crippen molar-refractivity contribution in [3.05, 3.63) is 65.0 Å². The van der Waals surface area contributed by atoms with Gasteiger partial charge >= 0.3 is 0 Å². The number of fused-ring (bicyclic) bond motifs is 1. The summed E-state index contributed by atoms with van der Waals surface area (Å²) in [5.74, 6) is -0.193. The van der Waals surface area contributed by atoms with Gasteiger partial charge < -0.3 is 5.32 Å². The maximum atomic E-state index is 13.5. The molecular formula is C18H21FN2O2S. The van der Waals surface area contributed by atoms with Crippen LogP contribution < -0.4 is 10.5 Å². The molecule has 24 heavy (non-hydrogen) atoms. The second kappa shape index (κ2) is 7.01. The van der Waals surface area contributed by atoms with Gasteiger partial charge in [-0.2, -0.15) is 0 Å². The van der Waals surface area contributed by atoms with Gasteiger partial charge in [-0.15, -0.1) is 0 Å². The van der Waals surface area contributed by atoms with Crippen molar-refractivity contribution >= 4 is 10.0 Å². The highest BCUT2D eigenvalue weighted by Gasteiger charge is 2.20. The minimum Gasteiger partial charge on any atom is -0.310 e. The third kappa shape index (κ3) is 4.01. The highest BCUT2D eigenvalue weighted by molar-refractivity contribution is 7.89. The van der Waals surface area contributed by atoms with Crippen LogP contribution in [0.15, 0.2) is 47.4 Å². The first-order valence-electron chi connectivity index (χ1n) is 8.07. The molecule has 0 heterocycles. The molecule has 0 radical (unpaired) electrons. The Balaban J connectivity index is 1.61. The van der Waals surface area contributed by atoms with Gasteiger partial charge in [0.2, 0.25) is 10.0 Å². The van der Waals surface area contributed by atoms with Crippen molar-refractivity contribution in [2.75, 3.05) is 6.54 Å². The van der Waals surface area contributed by atoms with Gasteiger partial charge in [-0.3, -0.25) is 0 Å². The average molecular weight is 348 g/mol. The maximum Gasteiger partial charge on any atom is 0.238 e. The molecule has 0 fully saturated rings. The molecule has 0 spiro atoms. The van der Waals surface area contributed by atoms with E-state index in [-0.39, 0.29) is 16.8 Å². The summed E-state index contributed by atoms with van der Waals surface area (Å²) < 4.78 is 36.0. The van der Waals surface area contributed by atoms with Gasteiger partial charge in [-0.05, 0) is 73.2 Å². The van der Waals surface area contributed by atoms with Gasteiger partial charge in [0.25, 0.3) is 0 Å². The largest absolute Gasteiger partial charge is 0.310 e. The monoisotopic (exact) mass is 348 g/mol. The summed E-state index contributed by atoms with van der Waals surface area (Å²) in [6.07, 6.45) is 3.87. The van der Waals surface area contributed by atoms with Crippen LogP contribution in [-0.2, 0) is 22.9 Å². The van der Waals surface area contributed by atoms with E-state index in [4.69, 9.17) is 5.14 Å². The summed E-state index contributed by atoms with van der Waals surface area (Å²) in [5.41, 5.74) is 3.31. The number of primary sulfonamides is 1. The summed E-state index contributed by atoms with van der Waals surface area (Å²) in [5, 5.41) is 8.58. The number of hydrogen-bond donors (Lipinski definition) is 2. The molecule has 4 nitrogen and oxygen atoms in total. The molecule has 6 heteroatoms. The maximum absolute atomic E-state index is 13.5. The Morgan fingerprint density at radius 1 is 1.17 bits per heavy atom. The Labute approximate surface area is 141 Å². The van der Waals surface area contributed by atoms with Gasteiger partial charge in [0, 0.05) is 6.04 Å². The zero-order valence-corrected chi connectivity index (χ0v) is 14.2. The van der Waals surface area contributed by atoms with Gasteiger partial charge in [0.15, 0.2) is 0 Å². The summed E-state index contributed by atoms with van der Waals surface area (Å²) in [4.78, 5) is 0.121. The fourth-order valence-electron chi connectivity index (χ4n) is 3.22. The summed E-state index contributed by atoms with van der Waals surface area (Å²) >= 11 is 0. The lowest BCUT2D eigenvalue weighted by molar-refractivity contribution is 0.459. The number of rotatable bonds is 5. The zero-order chi connectivity index (χ0) is 17.2. The van der Waals surface area contributed by atoms with E-state index in [1.54, 1.807) is 18.2 Å². The number of sulfonamides is 1. The van der Waals surface area contributed by atoms with Crippen LogP contribution in [0.3, 0.4) is 0 Å². The number of aryl methyl sites for hydroxylation is 1. The van der Waals surface area contributed by atoms with Crippen molar-refractivity contribution in [1.29, 1.82) is 0 Å². The number of halogens is 1. The lowest BCUT2D eigenvalue weighted by Crippen LogP contribution is -2.27. The van der Waals surface area contributed by atoms with Gasteiger partial charge in [-0.1, -0.05) is 18.2 Å². The molecule has 0 unspecified atom stereocenters. The van der Waals surface area contributed by atoms with Crippen LogP contribution in [0.4, 0.5) is 4.39 Å². The SMILES string of the molecule is NS(=O)(=O)c1ccc(CCN[C@@H]2CCCc3ccc(F)cc32)cc1. The zero-order valence-electron chi connectivity index (χ0n) is 13.3. The highest BCUT2D eigenvalue weighted by Crippen LogP contribution is 2.30. The van der Waals surface area contributed by atoms with Crippen molar-refractivity contribution in [3.63, 3.8) is 0 Å². The van der Waals surface area contributed by atoms with Crippen LogP contribution in [0.25, 0.3) is 0 Å². The molecule has 0 bridgehead atoms. The third-order valence-electron chi connectivity index (χ3n) is 4.48. The first-order valence-corrected chi connectivity index (χ1v) is 9.61. The van der Waals surface area contributed by atoms with E-state index in [0.717, 1.165) is 43.4 Å². The van der Waals surface area contributed by atoms with Gasteiger partial charge in [0.05, 0.1) is 4.90 Å². The van der Waals surface area contributed by atoms with Gasteiger partial charge in [0.1, 0.15) is 5.82 Å². The first-order chi connectivity index (χ1) is 11.4. The number of nitrogens with two attached hydrogens (primary N) is 1. The number of benzene rings is 2. The molecule has 3 N–H and O–H groups in total. The van der Waals surface area contributed by atoms with E-state index >= 15 is 0 Å². The van der Waals surface area contributed by atoms with Crippen molar-refractivity contribution in [3.8, 4) is 0 Å². The second-order valence-electron chi connectivity index (χ2n) is 6.18. The smallest absolute Gasteiger partial charge is 0.238 e. The van der Waals surface area contributed by atoms with Gasteiger partial charge in [-0.25, -0.2) is 17.9 Å². The Hall–Kier alpha value is -1.76. The van der Waals surface area contributed by atoms with E-state index in [1.807, 2.05) is 6.07 Å². The lowest BCUT2D eigenvalue weighted by atomic mass is 9.87. The topological polar surface area (TPSA) is 72.2 Å². The minimum atomic E-state index is -3.65. The fraction of sp³-hybridized carbons (Fsp3) is 0.333. The molecule has 0 amide bonds. The van der Waals surface area contributed by atoms with E-state index in [1.165, 1.54) is 23.8 Å². The summed E-state index contributed by atoms with van der Waals surface area (Å²) in [6, 6.07) is 11.8. The predicted molar refractivity (Wildman–Crippen MR) is 91.6 cm³/mol. The average Bonchev–Trinajstić information content (AvgIpc) is 2.55. The van der Waals surface area contributed by atoms with Crippen LogP contribution >= 0.6 is 0 Å². The number of nitrogens with one attached hydrogen (secondary N) is 1. The first kappa shape index (κ1) is 17.1. The van der Waals surface area contributed by atoms with E-state index < -0.39 is 10.0 Å². The highest BCUT2D eigenvalue weighted by atomic mass is 32.2. The molecule has 2 aromatic carbocycles. The Morgan fingerprint density at radius 3 is 2.62 bits per heavy atom. The molecule has 1 aliphatic carbocycles. The number of hydrogen-bond acceptors (Lipinski definition) is 3. The second-order valence-corrected chi connectivity index (χ2v) is 7.74. The van der Waals surface area contributed by atoms with Crippen molar-refractivity contribution in [2.45, 2.75) is 36.6 Å². The van der Waals surface area contributed by atoms with E-state index in [9.17, 15) is 12.8 Å². The summed E-state index contributed by atoms with van der Waals surface area (Å²) in [6.45, 7) is 0.745. The Kier molecular flexibility index (Phi) is 4.99. The fourth-order valence-corrected chi connectivity index (χ4v) is 3.73. The standard InChI is InChI=1S/C18H21FN2O2S/c19-15-7-6-14-2-1-3-18(17(14)12-15)21-11-10-13-4-8-16(9-5-13)24(20,22)23/h4-9,12,18,21H,1-3,10-11H2,(H2,20,22,23)/t18-/m1/s1. The normalized spacial score (nSPS) is 17.5. The van der Waals surface area contributed by atoms with E-state index in [2.05, 4.69) is 5.32 Å². The summed E-state index contributed by atoms with van der Waals surface area (Å²) in [7, 11) is -3.65. The molecule has 0 aromatic heterocycles. The third-order valence-corrected chi connectivity index (χ3v) is 5.41. The Bertz CT molecular complexity index is 819. The van der Waals surface area contributed by atoms with Crippen LogP contribution in [0, 0.1) is 5.82 Å². The van der Waals surface area contributed by atoms with Crippen molar-refractivity contribution in [1.82, 2.24) is 5.32 Å². The molecular weight excluding hydrogens is 327 g/mol. The Morgan fingerprint density at radius 2 is 1.92 bits per heavy atom. The molecule has 128 valence electrons. The van der Waals surface area contributed by atoms with Crippen molar-refractivity contribution in [2.24, 2.45) is 5.14 Å². The molecule has 0 saturated carbocycles. The van der Waals surface area contributed by atoms with Crippen LogP contribution in [-0.4, -0.2) is 15.0 Å². The molecule has 0 aliphatic heterocycles. The minimum absolute atomic E-state index is 0.121. The van der Waals surface area contributed by atoms with Crippen LogP contribution in [0.2, 0.25) is 0 Å². The quantitative estimate of drug-likeness (QED) is 0.873. The lowest BCUT2D eigenvalue weighted by Gasteiger charge is -2.26. The molecule has 3 rings (SSSR count). The van der Waals surface area contributed by atoms with E-state index in [0.29, 0.717) is 0 Å². The predicted octanol–water partition coefficient (Wildman–Crippen LogP) is 2.68.